The first-order valence-electron chi connectivity index (χ1n) is 9.68. The SMILES string of the molecule is CCOc1ccc(Oc2cc(CNC(=O)Cn3nc(C)c([N+](=O)[O-])c3C)ccn2)cc1. The Balaban J connectivity index is 1.58. The second-order valence-electron chi connectivity index (χ2n) is 6.72. The molecule has 0 unspecified atom stereocenters. The van der Waals surface area contributed by atoms with Gasteiger partial charge in [-0.2, -0.15) is 5.10 Å². The number of aromatic nitrogens is 3. The van der Waals surface area contributed by atoms with Crippen molar-refractivity contribution < 1.29 is 19.2 Å². The van der Waals surface area contributed by atoms with Gasteiger partial charge in [0.2, 0.25) is 11.8 Å². The van der Waals surface area contributed by atoms with Crippen LogP contribution < -0.4 is 14.8 Å². The number of nitrogens with one attached hydrogen (secondary N) is 1. The summed E-state index contributed by atoms with van der Waals surface area (Å²) in [5, 5.41) is 17.9. The quantitative estimate of drug-likeness (QED) is 0.412. The number of pyridine rings is 1. The van der Waals surface area contributed by atoms with Crippen molar-refractivity contribution in [3.63, 3.8) is 0 Å². The van der Waals surface area contributed by atoms with E-state index in [1.807, 2.05) is 19.1 Å². The lowest BCUT2D eigenvalue weighted by molar-refractivity contribution is -0.386. The molecule has 0 aliphatic heterocycles. The Bertz CT molecular complexity index is 1080. The molecule has 3 aromatic rings. The molecule has 3 rings (SSSR count). The highest BCUT2D eigenvalue weighted by Crippen LogP contribution is 2.23. The van der Waals surface area contributed by atoms with Crippen LogP contribution in [0.5, 0.6) is 17.4 Å². The van der Waals surface area contributed by atoms with Crippen molar-refractivity contribution in [3.8, 4) is 17.4 Å². The summed E-state index contributed by atoms with van der Waals surface area (Å²) in [6, 6.07) is 10.7. The zero-order valence-corrected chi connectivity index (χ0v) is 17.5. The van der Waals surface area contributed by atoms with Crippen LogP contribution in [0.25, 0.3) is 0 Å². The van der Waals surface area contributed by atoms with Crippen molar-refractivity contribution in [2.45, 2.75) is 33.9 Å². The molecular weight excluding hydrogens is 402 g/mol. The molecule has 0 saturated carbocycles. The molecule has 0 bridgehead atoms. The Hall–Kier alpha value is -3.95. The Morgan fingerprint density at radius 2 is 1.90 bits per heavy atom. The van der Waals surface area contributed by atoms with Gasteiger partial charge in [0.25, 0.3) is 0 Å². The molecule has 0 radical (unpaired) electrons. The van der Waals surface area contributed by atoms with E-state index in [9.17, 15) is 14.9 Å². The third kappa shape index (κ3) is 5.56. The highest BCUT2D eigenvalue weighted by atomic mass is 16.6. The van der Waals surface area contributed by atoms with Crippen molar-refractivity contribution in [1.82, 2.24) is 20.1 Å². The molecule has 0 aliphatic carbocycles. The first-order chi connectivity index (χ1) is 14.9. The van der Waals surface area contributed by atoms with E-state index in [2.05, 4.69) is 15.4 Å². The van der Waals surface area contributed by atoms with E-state index in [-0.39, 0.29) is 30.4 Å². The number of carbonyl (C=O) groups excluding carboxylic acids is 1. The molecule has 1 aromatic carbocycles. The molecule has 162 valence electrons. The summed E-state index contributed by atoms with van der Waals surface area (Å²) in [5.41, 5.74) is 1.34. The maximum Gasteiger partial charge on any atom is 0.312 e. The van der Waals surface area contributed by atoms with Crippen molar-refractivity contribution in [2.75, 3.05) is 6.61 Å². The van der Waals surface area contributed by atoms with Gasteiger partial charge in [0.05, 0.1) is 11.5 Å². The molecule has 0 aliphatic rings. The van der Waals surface area contributed by atoms with Gasteiger partial charge in [-0.25, -0.2) is 4.98 Å². The van der Waals surface area contributed by atoms with Gasteiger partial charge >= 0.3 is 5.69 Å². The van der Waals surface area contributed by atoms with E-state index in [1.165, 1.54) is 4.68 Å². The number of nitro groups is 1. The van der Waals surface area contributed by atoms with Gasteiger partial charge in [-0.05, 0) is 56.7 Å². The molecule has 31 heavy (non-hydrogen) atoms. The molecule has 2 heterocycles. The first-order valence-corrected chi connectivity index (χ1v) is 9.68. The van der Waals surface area contributed by atoms with Crippen LogP contribution in [-0.4, -0.2) is 32.2 Å². The van der Waals surface area contributed by atoms with Crippen LogP contribution in [0.15, 0.2) is 42.6 Å². The van der Waals surface area contributed by atoms with Crippen LogP contribution in [0.3, 0.4) is 0 Å². The topological polar surface area (TPSA) is 121 Å². The van der Waals surface area contributed by atoms with E-state index in [4.69, 9.17) is 9.47 Å². The molecule has 10 nitrogen and oxygen atoms in total. The van der Waals surface area contributed by atoms with Gasteiger partial charge in [0.1, 0.15) is 29.4 Å². The molecule has 10 heteroatoms. The van der Waals surface area contributed by atoms with Crippen molar-refractivity contribution >= 4 is 11.6 Å². The average Bonchev–Trinajstić information content (AvgIpc) is 3.01. The number of aryl methyl sites for hydroxylation is 1. The van der Waals surface area contributed by atoms with Gasteiger partial charge in [0, 0.05) is 18.8 Å². The van der Waals surface area contributed by atoms with Crippen LogP contribution in [0, 0.1) is 24.0 Å². The molecule has 0 saturated heterocycles. The van der Waals surface area contributed by atoms with Gasteiger partial charge in [-0.3, -0.25) is 19.6 Å². The van der Waals surface area contributed by atoms with Crippen molar-refractivity contribution in [3.05, 3.63) is 69.7 Å². The summed E-state index contributed by atoms with van der Waals surface area (Å²) >= 11 is 0. The fourth-order valence-electron chi connectivity index (χ4n) is 3.01. The Labute approximate surface area is 179 Å². The van der Waals surface area contributed by atoms with Crippen molar-refractivity contribution in [1.29, 1.82) is 0 Å². The number of nitrogens with zero attached hydrogens (tertiary/aromatic N) is 4. The Morgan fingerprint density at radius 3 is 2.55 bits per heavy atom. The summed E-state index contributed by atoms with van der Waals surface area (Å²) in [6.07, 6.45) is 1.59. The van der Waals surface area contributed by atoms with Crippen LogP contribution in [0.4, 0.5) is 5.69 Å². The number of ether oxygens (including phenoxy) is 2. The predicted molar refractivity (Wildman–Crippen MR) is 112 cm³/mol. The smallest absolute Gasteiger partial charge is 0.312 e. The third-order valence-electron chi connectivity index (χ3n) is 4.47. The summed E-state index contributed by atoms with van der Waals surface area (Å²) in [5.74, 6) is 1.45. The van der Waals surface area contributed by atoms with Crippen LogP contribution in [-0.2, 0) is 17.9 Å². The minimum Gasteiger partial charge on any atom is -0.494 e. The molecule has 1 N–H and O–H groups in total. The largest absolute Gasteiger partial charge is 0.494 e. The molecule has 2 aromatic heterocycles. The van der Waals surface area contributed by atoms with Gasteiger partial charge in [-0.1, -0.05) is 0 Å². The van der Waals surface area contributed by atoms with Crippen LogP contribution >= 0.6 is 0 Å². The van der Waals surface area contributed by atoms with E-state index in [0.717, 1.165) is 11.3 Å². The highest BCUT2D eigenvalue weighted by Gasteiger charge is 2.22. The zero-order chi connectivity index (χ0) is 22.4. The van der Waals surface area contributed by atoms with Crippen LogP contribution in [0.2, 0.25) is 0 Å². The lowest BCUT2D eigenvalue weighted by Gasteiger charge is -2.09. The average molecular weight is 425 g/mol. The molecule has 0 spiro atoms. The van der Waals surface area contributed by atoms with Gasteiger partial charge in [-0.15, -0.1) is 0 Å². The number of carbonyl (C=O) groups is 1. The summed E-state index contributed by atoms with van der Waals surface area (Å²) in [4.78, 5) is 27.1. The number of hydrogen-bond acceptors (Lipinski definition) is 7. The lowest BCUT2D eigenvalue weighted by Crippen LogP contribution is -2.28. The molecule has 0 fully saturated rings. The number of amides is 1. The fourth-order valence-corrected chi connectivity index (χ4v) is 3.01. The second kappa shape index (κ2) is 9.70. The summed E-state index contributed by atoms with van der Waals surface area (Å²) < 4.78 is 12.5. The number of benzene rings is 1. The molecule has 0 atom stereocenters. The standard InChI is InChI=1S/C21H23N5O5/c1-4-30-17-5-7-18(8-6-17)31-20-11-16(9-10-22-20)12-23-19(27)13-25-15(3)21(26(28)29)14(2)24-25/h5-11H,4,12-13H2,1-3H3,(H,23,27). The van der Waals surface area contributed by atoms with E-state index in [0.29, 0.717) is 23.9 Å². The predicted octanol–water partition coefficient (Wildman–Crippen LogP) is 3.31. The summed E-state index contributed by atoms with van der Waals surface area (Å²) in [6.45, 7) is 5.76. The normalized spacial score (nSPS) is 10.5. The van der Waals surface area contributed by atoms with Gasteiger partial charge < -0.3 is 14.8 Å². The van der Waals surface area contributed by atoms with Crippen LogP contribution in [0.1, 0.15) is 23.9 Å². The Morgan fingerprint density at radius 1 is 1.19 bits per heavy atom. The molecule has 1 amide bonds. The summed E-state index contributed by atoms with van der Waals surface area (Å²) in [7, 11) is 0. The van der Waals surface area contributed by atoms with Gasteiger partial charge in [0.15, 0.2) is 0 Å². The fraction of sp³-hybridized carbons (Fsp3) is 0.286. The molecular formula is C21H23N5O5. The first kappa shape index (κ1) is 21.8. The minimum atomic E-state index is -0.491. The third-order valence-corrected chi connectivity index (χ3v) is 4.47. The number of hydrogen-bond donors (Lipinski definition) is 1. The minimum absolute atomic E-state index is 0.0713. The van der Waals surface area contributed by atoms with E-state index in [1.54, 1.807) is 44.3 Å². The second-order valence-corrected chi connectivity index (χ2v) is 6.72. The van der Waals surface area contributed by atoms with E-state index >= 15 is 0 Å². The van der Waals surface area contributed by atoms with Crippen molar-refractivity contribution in [2.24, 2.45) is 0 Å². The maximum absolute atomic E-state index is 12.3. The number of rotatable bonds is 9. The maximum atomic E-state index is 12.3. The Kier molecular flexibility index (Phi) is 6.81. The highest BCUT2D eigenvalue weighted by molar-refractivity contribution is 5.75. The monoisotopic (exact) mass is 425 g/mol. The lowest BCUT2D eigenvalue weighted by atomic mass is 10.2. The van der Waals surface area contributed by atoms with E-state index < -0.39 is 4.92 Å². The zero-order valence-electron chi connectivity index (χ0n) is 17.5.